The molecule has 0 aromatic heterocycles. The summed E-state index contributed by atoms with van der Waals surface area (Å²) >= 11 is -1.72. The molecule has 0 aliphatic carbocycles. The van der Waals surface area contributed by atoms with E-state index in [1.54, 1.807) is 27.7 Å². The number of thioether (sulfide) groups is 1. The van der Waals surface area contributed by atoms with Gasteiger partial charge in [0.1, 0.15) is 34.9 Å². The molecule has 2 unspecified atom stereocenters. The summed E-state index contributed by atoms with van der Waals surface area (Å²) in [5.74, 6) is -13.1. The van der Waals surface area contributed by atoms with E-state index in [9.17, 15) is 72.6 Å². The van der Waals surface area contributed by atoms with Gasteiger partial charge in [0.2, 0.25) is 59.1 Å². The van der Waals surface area contributed by atoms with Gasteiger partial charge in [0.15, 0.2) is 6.04 Å². The molecule has 2 rings (SSSR count). The zero-order valence-corrected chi connectivity index (χ0v) is 44.7. The molecule has 1 saturated heterocycles. The number of hydrogen-bond acceptors (Lipinski definition) is 17. The maximum Gasteiger partial charge on any atom is 0.304 e. The zero-order chi connectivity index (χ0) is 56.7. The Hall–Kier alpha value is -6.01. The maximum atomic E-state index is 14.8. The topological polar surface area (TPSA) is 429 Å². The van der Waals surface area contributed by atoms with E-state index in [2.05, 4.69) is 54.4 Å². The second kappa shape index (κ2) is 32.4. The fourth-order valence-electron chi connectivity index (χ4n) is 7.60. The van der Waals surface area contributed by atoms with Crippen molar-refractivity contribution in [3.63, 3.8) is 0 Å². The van der Waals surface area contributed by atoms with Gasteiger partial charge in [-0.2, -0.15) is 0 Å². The number of carboxylic acids is 1. The zero-order valence-electron chi connectivity index (χ0n) is 43.1. The first-order valence-electron chi connectivity index (χ1n) is 24.6. The van der Waals surface area contributed by atoms with Gasteiger partial charge in [-0.15, -0.1) is 0 Å². The Bertz CT molecular complexity index is 2120. The van der Waals surface area contributed by atoms with Crippen molar-refractivity contribution in [3.8, 4) is 0 Å². The molecule has 0 radical (unpaired) electrons. The van der Waals surface area contributed by atoms with Crippen molar-refractivity contribution in [1.29, 1.82) is 0 Å². The van der Waals surface area contributed by atoms with E-state index >= 15 is 0 Å². The Labute approximate surface area is 442 Å². The maximum absolute atomic E-state index is 14.8. The number of carbonyl (C=O) groups excluding carboxylic acids is 10. The summed E-state index contributed by atoms with van der Waals surface area (Å²) in [6, 6.07) is -8.07. The molecule has 10 amide bonds. The lowest BCUT2D eigenvalue weighted by Gasteiger charge is -2.32. The standard InChI is InChI=1S/C46H75N11O16S2/c1-8-24(6)37(54-33(62)10-3)42(70)50-19-35(64)52-29-22-75(73)45(51-23(4)5)44(74-15-14-48-34(63)12-11-13-49-39(67)26(9-2)16-36(65)66)56-43(71)38(25(7)31(60)21-58)55-41(69)30-17-27(59)20-57(30)46(72)28(18-32(47)61)53-40(29)68/h24-31,37-38,51,58-60H,4,8-22H2,1-3,5-7H3,(H2,47,61)(H,48,63)(H,49,67)(H,50,70)(H,52,64)(H,53,68)(H,54,62)(H,55,69)(H,56,71)(H,65,66)/b45-44+/t24-,25-,26?,27+,28-,29-,30-,31-,37-,38-,75?/m0/s1. The summed E-state index contributed by atoms with van der Waals surface area (Å²) in [6.07, 6.45) is -3.65. The van der Waals surface area contributed by atoms with Crippen LogP contribution in [-0.4, -0.2) is 182 Å². The fraction of sp³-hybridized carbons (Fsp3) is 0.674. The number of nitrogens with zero attached hydrogens (tertiary/aromatic N) is 1. The molecule has 0 spiro atoms. The predicted molar refractivity (Wildman–Crippen MR) is 273 cm³/mol. The molecule has 0 saturated carbocycles. The van der Waals surface area contributed by atoms with Gasteiger partial charge in [-0.25, -0.2) is 0 Å². The molecular weight excluding hydrogens is 1030 g/mol. The molecular formula is C46H75N11O16S2. The summed E-state index contributed by atoms with van der Waals surface area (Å²) in [5.41, 5.74) is 5.62. The van der Waals surface area contributed by atoms with Crippen LogP contribution in [-0.2, 0) is 63.9 Å². The van der Waals surface area contributed by atoms with E-state index in [4.69, 9.17) is 10.8 Å². The molecule has 0 aromatic carbocycles. The van der Waals surface area contributed by atoms with Gasteiger partial charge in [-0.1, -0.05) is 59.4 Å². The lowest BCUT2D eigenvalue weighted by Crippen LogP contribution is -2.61. The van der Waals surface area contributed by atoms with Gasteiger partial charge in [-0.05, 0) is 25.7 Å². The van der Waals surface area contributed by atoms with Gasteiger partial charge in [0.05, 0.1) is 38.2 Å². The highest BCUT2D eigenvalue weighted by Gasteiger charge is 2.45. The number of allylic oxidation sites excluding steroid dienone is 1. The molecule has 422 valence electrons. The number of nitrogens with two attached hydrogens (primary N) is 1. The van der Waals surface area contributed by atoms with Crippen molar-refractivity contribution in [2.24, 2.45) is 23.5 Å². The van der Waals surface area contributed by atoms with Gasteiger partial charge >= 0.3 is 5.97 Å². The molecule has 29 heteroatoms. The highest BCUT2D eigenvalue weighted by atomic mass is 32.2. The number of nitrogens with one attached hydrogen (secondary N) is 9. The van der Waals surface area contributed by atoms with Crippen molar-refractivity contribution in [2.45, 2.75) is 135 Å². The van der Waals surface area contributed by atoms with E-state index in [1.165, 1.54) is 13.8 Å². The highest BCUT2D eigenvalue weighted by molar-refractivity contribution is 8.04. The number of hydrogen-bond donors (Lipinski definition) is 14. The number of carbonyl (C=O) groups is 11. The molecule has 27 nitrogen and oxygen atoms in total. The Morgan fingerprint density at radius 2 is 1.61 bits per heavy atom. The number of aliphatic carboxylic acids is 1. The molecule has 15 N–H and O–H groups in total. The van der Waals surface area contributed by atoms with E-state index in [0.29, 0.717) is 12.8 Å². The minimum Gasteiger partial charge on any atom is -0.610 e. The highest BCUT2D eigenvalue weighted by Crippen LogP contribution is 2.25. The van der Waals surface area contributed by atoms with Gasteiger partial charge in [0.25, 0.3) is 5.03 Å². The lowest BCUT2D eigenvalue weighted by molar-refractivity contribution is -0.143. The van der Waals surface area contributed by atoms with Crippen LogP contribution in [0.3, 0.4) is 0 Å². The van der Waals surface area contributed by atoms with Crippen LogP contribution in [0.25, 0.3) is 0 Å². The summed E-state index contributed by atoms with van der Waals surface area (Å²) in [4.78, 5) is 146. The average Bonchev–Trinajstić information content (AvgIpc) is 3.76. The number of carboxylic acid groups (broad SMARTS) is 1. The third-order valence-electron chi connectivity index (χ3n) is 12.1. The van der Waals surface area contributed by atoms with Crippen LogP contribution >= 0.6 is 11.8 Å². The Balaban J connectivity index is 2.69. The van der Waals surface area contributed by atoms with Crippen LogP contribution in [0.4, 0.5) is 0 Å². The summed E-state index contributed by atoms with van der Waals surface area (Å²) in [5, 5.41) is 62.8. The molecule has 75 heavy (non-hydrogen) atoms. The van der Waals surface area contributed by atoms with Crippen LogP contribution in [0.5, 0.6) is 0 Å². The first-order chi connectivity index (χ1) is 35.3. The first kappa shape index (κ1) is 65.1. The van der Waals surface area contributed by atoms with Gasteiger partial charge in [0, 0.05) is 73.4 Å². The van der Waals surface area contributed by atoms with Crippen LogP contribution in [0.15, 0.2) is 22.3 Å². The molecule has 0 bridgehead atoms. The molecule has 1 fully saturated rings. The number of primary amides is 1. The van der Waals surface area contributed by atoms with E-state index in [0.717, 1.165) is 16.7 Å². The van der Waals surface area contributed by atoms with E-state index in [-0.39, 0.29) is 66.2 Å². The van der Waals surface area contributed by atoms with Crippen molar-refractivity contribution in [1.82, 2.24) is 52.8 Å². The Morgan fingerprint density at radius 3 is 2.20 bits per heavy atom. The molecule has 11 atom stereocenters. The Morgan fingerprint density at radius 1 is 0.933 bits per heavy atom. The van der Waals surface area contributed by atoms with Crippen molar-refractivity contribution < 1.29 is 77.7 Å². The van der Waals surface area contributed by atoms with Crippen molar-refractivity contribution in [2.75, 3.05) is 44.3 Å². The largest absolute Gasteiger partial charge is 0.610 e. The van der Waals surface area contributed by atoms with E-state index in [1.807, 2.05) is 0 Å². The normalized spacial score (nSPS) is 23.6. The summed E-state index contributed by atoms with van der Waals surface area (Å²) in [7, 11) is 0. The molecule has 0 aromatic rings. The second-order valence-electron chi connectivity index (χ2n) is 18.2. The second-order valence-corrected chi connectivity index (χ2v) is 20.7. The van der Waals surface area contributed by atoms with Crippen molar-refractivity contribution in [3.05, 3.63) is 22.3 Å². The monoisotopic (exact) mass is 1100 g/mol. The minimum absolute atomic E-state index is 0.0624. The SMILES string of the molecule is C=C(C)N/C1=C(\SCCNC(=O)CCCNC(=O)C(CC)CC(=O)O)NC(=O)[C@H]([C@@H](C)[C@@H](O)CO)NC(=O)[C@@H]2C[C@@H](O)CN2C(=O)[C@H](CC(N)=O)NC(=O)[C@@H](NC(=O)CNC(=O)[C@@H](NC(=O)CC)[C@@H](C)CC)C[S+]1[O-]. The van der Waals surface area contributed by atoms with Gasteiger partial charge in [-0.3, -0.25) is 52.7 Å². The van der Waals surface area contributed by atoms with Crippen LogP contribution < -0.4 is 53.6 Å². The fourth-order valence-corrected chi connectivity index (χ4v) is 10.1. The van der Waals surface area contributed by atoms with E-state index < -0.39 is 169 Å². The lowest BCUT2D eigenvalue weighted by atomic mass is 9.94. The number of aliphatic hydroxyl groups is 3. The number of aliphatic hydroxyl groups excluding tert-OH is 3. The average molecular weight is 1100 g/mol. The Kier molecular flexibility index (Phi) is 28.2. The summed E-state index contributed by atoms with van der Waals surface area (Å²) in [6.45, 7) is 11.1. The van der Waals surface area contributed by atoms with Crippen molar-refractivity contribution >= 4 is 88.0 Å². The van der Waals surface area contributed by atoms with Crippen LogP contribution in [0.1, 0.15) is 92.9 Å². The first-order valence-corrected chi connectivity index (χ1v) is 26.9. The third kappa shape index (κ3) is 21.6. The van der Waals surface area contributed by atoms with Crippen LogP contribution in [0, 0.1) is 17.8 Å². The molecule has 2 aliphatic heterocycles. The molecule has 2 heterocycles. The summed E-state index contributed by atoms with van der Waals surface area (Å²) < 4.78 is 14.8. The number of fused-ring (bicyclic) bond motifs is 1. The smallest absolute Gasteiger partial charge is 0.304 e. The third-order valence-corrected chi connectivity index (χ3v) is 14.7. The predicted octanol–water partition coefficient (Wildman–Crippen LogP) is -4.30. The molecule has 2 aliphatic rings. The van der Waals surface area contributed by atoms with Gasteiger partial charge < -0.3 is 83.5 Å². The number of rotatable bonds is 27. The number of amides is 10. The quantitative estimate of drug-likeness (QED) is 0.0273. The minimum atomic E-state index is -2.52. The van der Waals surface area contributed by atoms with Crippen LogP contribution in [0.2, 0.25) is 0 Å².